The van der Waals surface area contributed by atoms with E-state index < -0.39 is 17.8 Å². The number of rotatable bonds is 4. The molecule has 3 aromatic heterocycles. The van der Waals surface area contributed by atoms with Gasteiger partial charge in [-0.1, -0.05) is 0 Å². The van der Waals surface area contributed by atoms with Gasteiger partial charge in [0.1, 0.15) is 17.7 Å². The standard InChI is InChI=1S/C21H23F3N6O/c1-13-12-25-18(26-17-6-8-29(2)28-17)11-15(13)14-9-19(27-20(31)10-14)30-7-4-3-5-16(30)21(22,23)24/h6,8-12,16H,3-5,7H2,1-2H3,(H,27,31)(H,25,26,28)/t16-/m1/s1. The van der Waals surface area contributed by atoms with Crippen LogP contribution in [-0.2, 0) is 7.05 Å². The first kappa shape index (κ1) is 21.0. The Kier molecular flexibility index (Phi) is 5.47. The van der Waals surface area contributed by atoms with Crippen LogP contribution >= 0.6 is 0 Å². The second kappa shape index (κ2) is 8.09. The average Bonchev–Trinajstić information content (AvgIpc) is 3.13. The normalized spacial score (nSPS) is 17.1. The van der Waals surface area contributed by atoms with Gasteiger partial charge in [-0.2, -0.15) is 18.3 Å². The molecular formula is C21H23F3N6O. The Morgan fingerprint density at radius 2 is 2.00 bits per heavy atom. The number of pyridine rings is 2. The summed E-state index contributed by atoms with van der Waals surface area (Å²) in [6.45, 7) is 2.08. The first-order chi connectivity index (χ1) is 14.7. The fourth-order valence-corrected chi connectivity index (χ4v) is 3.92. The van der Waals surface area contributed by atoms with E-state index in [0.717, 1.165) is 5.56 Å². The van der Waals surface area contributed by atoms with Crippen LogP contribution in [0.25, 0.3) is 11.1 Å². The molecular weight excluding hydrogens is 409 g/mol. The van der Waals surface area contributed by atoms with Gasteiger partial charge in [-0.3, -0.25) is 9.48 Å². The summed E-state index contributed by atoms with van der Waals surface area (Å²) < 4.78 is 42.4. The van der Waals surface area contributed by atoms with E-state index in [-0.39, 0.29) is 18.8 Å². The molecule has 4 rings (SSSR count). The molecule has 0 aliphatic carbocycles. The monoisotopic (exact) mass is 432 g/mol. The average molecular weight is 432 g/mol. The quantitative estimate of drug-likeness (QED) is 0.648. The maximum atomic E-state index is 13.6. The fraction of sp³-hybridized carbons (Fsp3) is 0.381. The smallest absolute Gasteiger partial charge is 0.346 e. The van der Waals surface area contributed by atoms with Crippen LogP contribution in [-0.4, -0.2) is 38.5 Å². The number of halogens is 3. The molecule has 0 radical (unpaired) electrons. The molecule has 0 spiro atoms. The van der Waals surface area contributed by atoms with Crippen molar-refractivity contribution >= 4 is 17.5 Å². The third kappa shape index (κ3) is 4.57. The van der Waals surface area contributed by atoms with E-state index in [9.17, 15) is 18.0 Å². The zero-order valence-electron chi connectivity index (χ0n) is 17.2. The molecule has 4 heterocycles. The fourth-order valence-electron chi connectivity index (χ4n) is 3.92. The van der Waals surface area contributed by atoms with E-state index in [4.69, 9.17) is 0 Å². The maximum absolute atomic E-state index is 13.6. The van der Waals surface area contributed by atoms with Crippen LogP contribution in [0.2, 0.25) is 0 Å². The van der Waals surface area contributed by atoms with Crippen molar-refractivity contribution in [3.63, 3.8) is 0 Å². The molecule has 1 atom stereocenters. The van der Waals surface area contributed by atoms with Gasteiger partial charge in [-0.05, 0) is 55.0 Å². The zero-order valence-corrected chi connectivity index (χ0v) is 17.2. The topological polar surface area (TPSA) is 78.8 Å². The molecule has 0 bridgehead atoms. The second-order valence-corrected chi connectivity index (χ2v) is 7.75. The summed E-state index contributed by atoms with van der Waals surface area (Å²) in [4.78, 5) is 20.6. The number of aromatic nitrogens is 4. The summed E-state index contributed by atoms with van der Waals surface area (Å²) in [5.74, 6) is 1.31. The minimum atomic E-state index is -4.36. The van der Waals surface area contributed by atoms with E-state index in [2.05, 4.69) is 20.4 Å². The van der Waals surface area contributed by atoms with Crippen LogP contribution in [0, 0.1) is 6.92 Å². The Morgan fingerprint density at radius 3 is 2.71 bits per heavy atom. The van der Waals surface area contributed by atoms with Crippen molar-refractivity contribution < 1.29 is 13.2 Å². The Balaban J connectivity index is 1.71. The minimum absolute atomic E-state index is 0.0161. The van der Waals surface area contributed by atoms with Gasteiger partial charge in [0.2, 0.25) is 5.56 Å². The highest BCUT2D eigenvalue weighted by Gasteiger charge is 2.45. The molecule has 0 aromatic carbocycles. The molecule has 164 valence electrons. The number of hydrogen-bond donors (Lipinski definition) is 2. The lowest BCUT2D eigenvalue weighted by Gasteiger charge is -2.38. The number of alkyl halides is 3. The number of aryl methyl sites for hydroxylation is 2. The van der Waals surface area contributed by atoms with Crippen LogP contribution < -0.4 is 15.8 Å². The van der Waals surface area contributed by atoms with Crippen molar-refractivity contribution in [1.29, 1.82) is 0 Å². The van der Waals surface area contributed by atoms with Crippen LogP contribution in [0.5, 0.6) is 0 Å². The van der Waals surface area contributed by atoms with Crippen LogP contribution in [0.4, 0.5) is 30.6 Å². The number of aromatic amines is 1. The summed E-state index contributed by atoms with van der Waals surface area (Å²) in [6.07, 6.45) is 0.251. The summed E-state index contributed by atoms with van der Waals surface area (Å²) in [5, 5.41) is 7.34. The van der Waals surface area contributed by atoms with Crippen molar-refractivity contribution in [1.82, 2.24) is 19.7 Å². The Morgan fingerprint density at radius 1 is 1.19 bits per heavy atom. The highest BCUT2D eigenvalue weighted by atomic mass is 19.4. The molecule has 3 aromatic rings. The molecule has 1 fully saturated rings. The molecule has 0 amide bonds. The van der Waals surface area contributed by atoms with Gasteiger partial charge in [0.25, 0.3) is 0 Å². The lowest BCUT2D eigenvalue weighted by atomic mass is 10.00. The van der Waals surface area contributed by atoms with Gasteiger partial charge < -0.3 is 15.2 Å². The van der Waals surface area contributed by atoms with Gasteiger partial charge in [-0.15, -0.1) is 0 Å². The Hall–Kier alpha value is -3.30. The highest BCUT2D eigenvalue weighted by molar-refractivity contribution is 5.73. The van der Waals surface area contributed by atoms with Crippen molar-refractivity contribution in [2.75, 3.05) is 16.8 Å². The Bertz CT molecular complexity index is 1140. The molecule has 0 unspecified atom stereocenters. The van der Waals surface area contributed by atoms with Gasteiger partial charge in [-0.25, -0.2) is 4.98 Å². The summed E-state index contributed by atoms with van der Waals surface area (Å²) in [7, 11) is 1.80. The molecule has 0 saturated carbocycles. The van der Waals surface area contributed by atoms with E-state index >= 15 is 0 Å². The van der Waals surface area contributed by atoms with Gasteiger partial charge in [0.15, 0.2) is 5.82 Å². The van der Waals surface area contributed by atoms with E-state index in [1.54, 1.807) is 42.3 Å². The molecule has 2 N–H and O–H groups in total. The van der Waals surface area contributed by atoms with Gasteiger partial charge in [0.05, 0.1) is 0 Å². The summed E-state index contributed by atoms with van der Waals surface area (Å²) in [6, 6.07) is 4.95. The molecule has 1 aliphatic heterocycles. The van der Waals surface area contributed by atoms with Crippen molar-refractivity contribution in [2.24, 2.45) is 7.05 Å². The highest BCUT2D eigenvalue weighted by Crippen LogP contribution is 2.35. The van der Waals surface area contributed by atoms with Crippen LogP contribution in [0.3, 0.4) is 0 Å². The minimum Gasteiger partial charge on any atom is -0.346 e. The van der Waals surface area contributed by atoms with Crippen molar-refractivity contribution in [3.8, 4) is 11.1 Å². The third-order valence-electron chi connectivity index (χ3n) is 5.40. The SMILES string of the molecule is Cc1cnc(Nc2ccn(C)n2)cc1-c1cc(N2CCCC[C@@H]2C(F)(F)F)[nH]c(=O)c1. The van der Waals surface area contributed by atoms with E-state index in [1.165, 1.54) is 11.0 Å². The van der Waals surface area contributed by atoms with Crippen LogP contribution in [0.15, 0.2) is 41.5 Å². The first-order valence-corrected chi connectivity index (χ1v) is 10.0. The molecule has 1 aliphatic rings. The predicted octanol–water partition coefficient (Wildman–Crippen LogP) is 4.14. The summed E-state index contributed by atoms with van der Waals surface area (Å²) in [5.41, 5.74) is 1.60. The number of H-pyrrole nitrogens is 1. The molecule has 31 heavy (non-hydrogen) atoms. The summed E-state index contributed by atoms with van der Waals surface area (Å²) >= 11 is 0. The number of nitrogens with one attached hydrogen (secondary N) is 2. The predicted molar refractivity (Wildman–Crippen MR) is 113 cm³/mol. The van der Waals surface area contributed by atoms with Gasteiger partial charge in [0, 0.05) is 38.1 Å². The largest absolute Gasteiger partial charge is 0.408 e. The zero-order chi connectivity index (χ0) is 22.2. The molecule has 1 saturated heterocycles. The lowest BCUT2D eigenvalue weighted by Crippen LogP contribution is -2.49. The lowest BCUT2D eigenvalue weighted by molar-refractivity contribution is -0.152. The molecule has 10 heteroatoms. The van der Waals surface area contributed by atoms with E-state index in [1.807, 2.05) is 6.92 Å². The second-order valence-electron chi connectivity index (χ2n) is 7.75. The third-order valence-corrected chi connectivity index (χ3v) is 5.40. The van der Waals surface area contributed by atoms with Gasteiger partial charge >= 0.3 is 6.18 Å². The Labute approximate surface area is 176 Å². The number of piperidine rings is 1. The van der Waals surface area contributed by atoms with Crippen molar-refractivity contribution in [2.45, 2.75) is 38.4 Å². The number of hydrogen-bond acceptors (Lipinski definition) is 5. The molecule has 7 nitrogen and oxygen atoms in total. The number of anilines is 3. The van der Waals surface area contributed by atoms with E-state index in [0.29, 0.717) is 35.6 Å². The van der Waals surface area contributed by atoms with Crippen molar-refractivity contribution in [3.05, 3.63) is 52.6 Å². The number of nitrogens with zero attached hydrogens (tertiary/aromatic N) is 4. The maximum Gasteiger partial charge on any atom is 0.408 e. The first-order valence-electron chi connectivity index (χ1n) is 10.0. The van der Waals surface area contributed by atoms with Crippen LogP contribution in [0.1, 0.15) is 24.8 Å².